The molecule has 0 spiro atoms. The van der Waals surface area contributed by atoms with Gasteiger partial charge in [0.15, 0.2) is 9.84 Å². The molecule has 6 nitrogen and oxygen atoms in total. The molecule has 1 fully saturated rings. The fraction of sp³-hybridized carbons (Fsp3) is 0.381. The number of rotatable bonds is 6. The van der Waals surface area contributed by atoms with Gasteiger partial charge in [-0.05, 0) is 42.4 Å². The van der Waals surface area contributed by atoms with Crippen LogP contribution in [0.1, 0.15) is 22.8 Å². The third-order valence-corrected chi connectivity index (χ3v) is 6.08. The normalized spacial score (nSPS) is 15.3. The molecule has 3 rings (SSSR count). The monoisotopic (exact) mass is 435 g/mol. The van der Waals surface area contributed by atoms with Crippen molar-refractivity contribution in [3.63, 3.8) is 0 Å². The number of sulfone groups is 1. The van der Waals surface area contributed by atoms with Gasteiger partial charge in [-0.25, -0.2) is 8.42 Å². The van der Waals surface area contributed by atoms with Crippen LogP contribution < -0.4 is 10.2 Å². The minimum atomic E-state index is -3.17. The van der Waals surface area contributed by atoms with Gasteiger partial charge in [0.05, 0.1) is 17.1 Å². The molecule has 8 heteroatoms. The highest BCUT2D eigenvalue weighted by molar-refractivity contribution is 7.89. The summed E-state index contributed by atoms with van der Waals surface area (Å²) in [4.78, 5) is 17.5. The van der Waals surface area contributed by atoms with Crippen molar-refractivity contribution >= 4 is 38.7 Å². The van der Waals surface area contributed by atoms with Crippen LogP contribution in [-0.2, 0) is 15.6 Å². The number of hydrogen-bond acceptors (Lipinski definition) is 5. The predicted octanol–water partition coefficient (Wildman–Crippen LogP) is 3.28. The fourth-order valence-electron chi connectivity index (χ4n) is 3.49. The second-order valence-corrected chi connectivity index (χ2v) is 9.88. The Balaban J connectivity index is 1.80. The minimum Gasteiger partial charge on any atom is -0.367 e. The van der Waals surface area contributed by atoms with Crippen molar-refractivity contribution in [2.45, 2.75) is 12.7 Å². The van der Waals surface area contributed by atoms with Gasteiger partial charge in [-0.3, -0.25) is 4.79 Å². The molecule has 29 heavy (non-hydrogen) atoms. The van der Waals surface area contributed by atoms with Gasteiger partial charge < -0.3 is 15.1 Å². The van der Waals surface area contributed by atoms with Crippen LogP contribution in [0.5, 0.6) is 0 Å². The molecule has 0 radical (unpaired) electrons. The molecule has 0 aliphatic carbocycles. The molecule has 1 heterocycles. The van der Waals surface area contributed by atoms with E-state index >= 15 is 0 Å². The van der Waals surface area contributed by atoms with E-state index in [1.165, 1.54) is 6.26 Å². The van der Waals surface area contributed by atoms with Crippen LogP contribution >= 0.6 is 11.6 Å². The second kappa shape index (κ2) is 9.15. The largest absolute Gasteiger partial charge is 0.367 e. The standard InChI is InChI=1S/C21H26ClN3O3S/c1-3-24-9-11-25(12-10-24)20-8-7-18(22)14-19(20)23-21(26)17-6-4-5-16(13-17)15-29(2,27)28/h4-8,13-14H,3,9-12,15H2,1-2H3,(H,23,26). The maximum Gasteiger partial charge on any atom is 0.255 e. The summed E-state index contributed by atoms with van der Waals surface area (Å²) in [5.74, 6) is -0.394. The van der Waals surface area contributed by atoms with Crippen LogP contribution in [0.25, 0.3) is 0 Å². The maximum atomic E-state index is 12.8. The molecule has 0 atom stereocenters. The van der Waals surface area contributed by atoms with Gasteiger partial charge in [-0.2, -0.15) is 0 Å². The number of amides is 1. The topological polar surface area (TPSA) is 69.7 Å². The lowest BCUT2D eigenvalue weighted by molar-refractivity contribution is 0.102. The summed E-state index contributed by atoms with van der Waals surface area (Å²) in [6.45, 7) is 6.88. The Labute approximate surface area is 177 Å². The van der Waals surface area contributed by atoms with Crippen molar-refractivity contribution in [2.75, 3.05) is 49.2 Å². The van der Waals surface area contributed by atoms with Gasteiger partial charge >= 0.3 is 0 Å². The zero-order chi connectivity index (χ0) is 21.0. The van der Waals surface area contributed by atoms with Crippen molar-refractivity contribution in [2.24, 2.45) is 0 Å². The van der Waals surface area contributed by atoms with Crippen molar-refractivity contribution < 1.29 is 13.2 Å². The smallest absolute Gasteiger partial charge is 0.255 e. The number of likely N-dealkylation sites (N-methyl/N-ethyl adjacent to an activating group) is 1. The van der Waals surface area contributed by atoms with E-state index in [1.54, 1.807) is 30.3 Å². The highest BCUT2D eigenvalue weighted by Gasteiger charge is 2.20. The maximum absolute atomic E-state index is 12.8. The highest BCUT2D eigenvalue weighted by Crippen LogP contribution is 2.30. The summed E-state index contributed by atoms with van der Waals surface area (Å²) in [5.41, 5.74) is 2.58. The number of benzene rings is 2. The molecule has 1 aliphatic rings. The number of anilines is 2. The van der Waals surface area contributed by atoms with Crippen LogP contribution in [0, 0.1) is 0 Å². The van der Waals surface area contributed by atoms with Crippen molar-refractivity contribution in [1.29, 1.82) is 0 Å². The van der Waals surface area contributed by atoms with E-state index in [0.29, 0.717) is 21.8 Å². The molecule has 1 amide bonds. The molecule has 0 bridgehead atoms. The lowest BCUT2D eigenvalue weighted by Crippen LogP contribution is -2.46. The van der Waals surface area contributed by atoms with Crippen molar-refractivity contribution in [1.82, 2.24) is 4.90 Å². The van der Waals surface area contributed by atoms with E-state index in [4.69, 9.17) is 11.6 Å². The number of piperazine rings is 1. The van der Waals surface area contributed by atoms with Crippen LogP contribution in [0.4, 0.5) is 11.4 Å². The third kappa shape index (κ3) is 5.95. The molecule has 1 saturated heterocycles. The van der Waals surface area contributed by atoms with Crippen molar-refractivity contribution in [3.8, 4) is 0 Å². The van der Waals surface area contributed by atoms with Crippen LogP contribution in [0.2, 0.25) is 5.02 Å². The molecule has 1 N–H and O–H groups in total. The number of halogens is 1. The first-order valence-corrected chi connectivity index (χ1v) is 12.0. The van der Waals surface area contributed by atoms with E-state index in [2.05, 4.69) is 22.0 Å². The summed E-state index contributed by atoms with van der Waals surface area (Å²) in [6, 6.07) is 12.2. The number of carbonyl (C=O) groups is 1. The Morgan fingerprint density at radius 3 is 2.48 bits per heavy atom. The number of nitrogens with zero attached hydrogens (tertiary/aromatic N) is 2. The van der Waals surface area contributed by atoms with Gasteiger partial charge in [0.1, 0.15) is 0 Å². The first-order chi connectivity index (χ1) is 13.7. The summed E-state index contributed by atoms with van der Waals surface area (Å²) in [5, 5.41) is 3.50. The molecule has 2 aromatic rings. The second-order valence-electron chi connectivity index (χ2n) is 7.31. The van der Waals surface area contributed by atoms with Crippen molar-refractivity contribution in [3.05, 3.63) is 58.6 Å². The summed E-state index contributed by atoms with van der Waals surface area (Å²) < 4.78 is 23.1. The lowest BCUT2D eigenvalue weighted by atomic mass is 10.1. The zero-order valence-electron chi connectivity index (χ0n) is 16.7. The minimum absolute atomic E-state index is 0.0990. The van der Waals surface area contributed by atoms with E-state index in [-0.39, 0.29) is 11.7 Å². The summed E-state index contributed by atoms with van der Waals surface area (Å²) in [6.07, 6.45) is 1.18. The average Bonchev–Trinajstić information content (AvgIpc) is 2.67. The van der Waals surface area contributed by atoms with Crippen LogP contribution in [-0.4, -0.2) is 58.2 Å². The quantitative estimate of drug-likeness (QED) is 0.754. The molecule has 0 saturated carbocycles. The van der Waals surface area contributed by atoms with E-state index in [9.17, 15) is 13.2 Å². The Morgan fingerprint density at radius 2 is 1.83 bits per heavy atom. The zero-order valence-corrected chi connectivity index (χ0v) is 18.3. The summed E-state index contributed by atoms with van der Waals surface area (Å²) >= 11 is 6.18. The predicted molar refractivity (Wildman–Crippen MR) is 119 cm³/mol. The molecular weight excluding hydrogens is 410 g/mol. The van der Waals surface area contributed by atoms with Gasteiger partial charge in [0.2, 0.25) is 0 Å². The van der Waals surface area contributed by atoms with E-state index < -0.39 is 9.84 Å². The van der Waals surface area contributed by atoms with Gasteiger partial charge in [0, 0.05) is 43.0 Å². The molecule has 0 aromatic heterocycles. The van der Waals surface area contributed by atoms with Crippen LogP contribution in [0.15, 0.2) is 42.5 Å². The number of carbonyl (C=O) groups excluding carboxylic acids is 1. The molecule has 1 aliphatic heterocycles. The first-order valence-electron chi connectivity index (χ1n) is 9.60. The lowest BCUT2D eigenvalue weighted by Gasteiger charge is -2.36. The Kier molecular flexibility index (Phi) is 6.82. The summed E-state index contributed by atoms with van der Waals surface area (Å²) in [7, 11) is -3.17. The number of nitrogens with one attached hydrogen (secondary N) is 1. The Hall–Kier alpha value is -2.09. The highest BCUT2D eigenvalue weighted by atomic mass is 35.5. The van der Waals surface area contributed by atoms with E-state index in [1.807, 2.05) is 12.1 Å². The molecule has 2 aromatic carbocycles. The molecular formula is C21H26ClN3O3S. The molecule has 156 valence electrons. The van der Waals surface area contributed by atoms with Gasteiger partial charge in [0.25, 0.3) is 5.91 Å². The Bertz CT molecular complexity index is 986. The van der Waals surface area contributed by atoms with Gasteiger partial charge in [-0.1, -0.05) is 30.7 Å². The SMILES string of the molecule is CCN1CCN(c2ccc(Cl)cc2NC(=O)c2cccc(CS(C)(=O)=O)c2)CC1. The Morgan fingerprint density at radius 1 is 1.10 bits per heavy atom. The first kappa shape index (κ1) is 21.6. The molecule has 0 unspecified atom stereocenters. The fourth-order valence-corrected chi connectivity index (χ4v) is 4.45. The van der Waals surface area contributed by atoms with Crippen LogP contribution in [0.3, 0.4) is 0 Å². The average molecular weight is 436 g/mol. The number of hydrogen-bond donors (Lipinski definition) is 1. The third-order valence-electron chi connectivity index (χ3n) is 4.99. The van der Waals surface area contributed by atoms with E-state index in [0.717, 1.165) is 38.4 Å². The van der Waals surface area contributed by atoms with Gasteiger partial charge in [-0.15, -0.1) is 0 Å².